The molecule has 36 heavy (non-hydrogen) atoms. The van der Waals surface area contributed by atoms with Crippen LogP contribution >= 0.6 is 0 Å². The van der Waals surface area contributed by atoms with Crippen LogP contribution in [0, 0.1) is 11.8 Å². The van der Waals surface area contributed by atoms with Crippen LogP contribution in [0.2, 0.25) is 0 Å². The third-order valence-corrected chi connectivity index (χ3v) is 6.93. The number of rotatable bonds is 8. The van der Waals surface area contributed by atoms with Crippen LogP contribution in [0.1, 0.15) is 53.9 Å². The molecule has 6 heteroatoms. The Bertz CT molecular complexity index is 1180. The molecule has 1 unspecified atom stereocenters. The van der Waals surface area contributed by atoms with Crippen LogP contribution in [-0.4, -0.2) is 60.9 Å². The van der Waals surface area contributed by atoms with Crippen LogP contribution < -0.4 is 5.32 Å². The molecule has 0 bridgehead atoms. The monoisotopic (exact) mass is 483 g/mol. The number of nitrogens with zero attached hydrogens (tertiary/aromatic N) is 2. The van der Waals surface area contributed by atoms with Crippen LogP contribution in [0.25, 0.3) is 0 Å². The van der Waals surface area contributed by atoms with Crippen molar-refractivity contribution in [3.8, 4) is 11.8 Å². The van der Waals surface area contributed by atoms with Crippen molar-refractivity contribution in [2.75, 3.05) is 32.8 Å². The molecule has 1 saturated heterocycles. The molecular formula is C30H33N3O3. The van der Waals surface area contributed by atoms with E-state index >= 15 is 0 Å². The Balaban J connectivity index is 1.23. The van der Waals surface area contributed by atoms with E-state index in [9.17, 15) is 9.90 Å². The minimum atomic E-state index is -0.256. The lowest BCUT2D eigenvalue weighted by Crippen LogP contribution is -2.35. The van der Waals surface area contributed by atoms with E-state index in [1.54, 1.807) is 6.21 Å². The predicted molar refractivity (Wildman–Crippen MR) is 141 cm³/mol. The lowest BCUT2D eigenvalue weighted by Gasteiger charge is -2.26. The molecule has 2 fully saturated rings. The maximum atomic E-state index is 11.9. The van der Waals surface area contributed by atoms with E-state index in [0.29, 0.717) is 18.2 Å². The largest absolute Gasteiger partial charge is 0.503 e. The molecule has 3 aliphatic rings. The van der Waals surface area contributed by atoms with Gasteiger partial charge in [0.15, 0.2) is 5.76 Å². The zero-order chi connectivity index (χ0) is 24.7. The van der Waals surface area contributed by atoms with Gasteiger partial charge in [-0.3, -0.25) is 14.7 Å². The quantitative estimate of drug-likeness (QED) is 0.556. The normalized spacial score (nSPS) is 19.2. The first-order valence-electron chi connectivity index (χ1n) is 12.9. The van der Waals surface area contributed by atoms with E-state index in [1.807, 2.05) is 12.1 Å². The number of hydrogen-bond acceptors (Lipinski definition) is 6. The van der Waals surface area contributed by atoms with Gasteiger partial charge in [0.25, 0.3) is 0 Å². The van der Waals surface area contributed by atoms with Crippen LogP contribution in [0.5, 0.6) is 0 Å². The van der Waals surface area contributed by atoms with Gasteiger partial charge in [0.1, 0.15) is 0 Å². The SMILES string of the molecule is O=C1CC=NC(CC(CNC2CC2)c2ccc(C#Cc3ccc(CN4CCOCC4)cc3)cc2)=C1O. The Kier molecular flexibility index (Phi) is 7.92. The fourth-order valence-corrected chi connectivity index (χ4v) is 4.54. The van der Waals surface area contributed by atoms with Gasteiger partial charge in [0.05, 0.1) is 18.9 Å². The van der Waals surface area contributed by atoms with E-state index in [4.69, 9.17) is 4.74 Å². The molecule has 1 aliphatic carbocycles. The van der Waals surface area contributed by atoms with Gasteiger partial charge in [-0.25, -0.2) is 0 Å². The third kappa shape index (κ3) is 6.70. The number of allylic oxidation sites excluding steroid dienone is 2. The number of morpholine rings is 1. The number of nitrogens with one attached hydrogen (secondary N) is 1. The van der Waals surface area contributed by atoms with Gasteiger partial charge in [-0.1, -0.05) is 36.1 Å². The van der Waals surface area contributed by atoms with Crippen LogP contribution in [0.15, 0.2) is 65.0 Å². The molecule has 0 radical (unpaired) electrons. The Hall–Kier alpha value is -3.24. The van der Waals surface area contributed by atoms with Gasteiger partial charge < -0.3 is 15.2 Å². The first kappa shape index (κ1) is 24.5. The van der Waals surface area contributed by atoms with Crippen LogP contribution in [0.3, 0.4) is 0 Å². The number of carbonyl (C=O) groups excluding carboxylic acids is 1. The topological polar surface area (TPSA) is 74.2 Å². The van der Waals surface area contributed by atoms with Crippen molar-refractivity contribution >= 4 is 12.0 Å². The van der Waals surface area contributed by atoms with Gasteiger partial charge in [0, 0.05) is 68.3 Å². The van der Waals surface area contributed by atoms with Gasteiger partial charge in [0.2, 0.25) is 5.78 Å². The highest BCUT2D eigenvalue weighted by molar-refractivity contribution is 6.03. The number of ether oxygens (including phenoxy) is 1. The smallest absolute Gasteiger partial charge is 0.204 e. The van der Waals surface area contributed by atoms with Crippen molar-refractivity contribution in [1.29, 1.82) is 0 Å². The van der Waals surface area contributed by atoms with Crippen molar-refractivity contribution in [3.63, 3.8) is 0 Å². The highest BCUT2D eigenvalue weighted by Gasteiger charge is 2.25. The molecule has 1 atom stereocenters. The van der Waals surface area contributed by atoms with Crippen molar-refractivity contribution in [1.82, 2.24) is 10.2 Å². The average Bonchev–Trinajstić information content (AvgIpc) is 3.74. The second kappa shape index (κ2) is 11.7. The summed E-state index contributed by atoms with van der Waals surface area (Å²) in [6, 6.07) is 17.3. The Labute approximate surface area is 213 Å². The number of benzene rings is 2. The minimum absolute atomic E-state index is 0.117. The minimum Gasteiger partial charge on any atom is -0.503 e. The average molecular weight is 484 g/mol. The first-order chi connectivity index (χ1) is 17.6. The zero-order valence-corrected chi connectivity index (χ0v) is 20.6. The third-order valence-electron chi connectivity index (χ3n) is 6.93. The molecule has 6 nitrogen and oxygen atoms in total. The van der Waals surface area contributed by atoms with Crippen LogP contribution in [0.4, 0.5) is 0 Å². The lowest BCUT2D eigenvalue weighted by atomic mass is 9.92. The molecule has 0 amide bonds. The summed E-state index contributed by atoms with van der Waals surface area (Å²) >= 11 is 0. The number of aliphatic hydroxyl groups is 1. The number of aliphatic hydroxyl groups excluding tert-OH is 1. The summed E-state index contributed by atoms with van der Waals surface area (Å²) in [5.41, 5.74) is 4.88. The van der Waals surface area contributed by atoms with Crippen molar-refractivity contribution < 1.29 is 14.6 Å². The van der Waals surface area contributed by atoms with E-state index < -0.39 is 0 Å². The number of aliphatic imine (C=N–C) groups is 1. The standard InChI is InChI=1S/C30H33N3O3/c34-29-13-14-31-28(30(29)35)19-26(20-32-27-11-12-27)25-9-7-23(8-10-25)2-1-22-3-5-24(6-4-22)21-33-15-17-36-18-16-33/h3-10,14,26-27,32,35H,11-13,15-21H2. The summed E-state index contributed by atoms with van der Waals surface area (Å²) in [5.74, 6) is 6.22. The summed E-state index contributed by atoms with van der Waals surface area (Å²) in [4.78, 5) is 18.6. The molecule has 1 saturated carbocycles. The van der Waals surface area contributed by atoms with Crippen molar-refractivity contribution in [2.45, 2.75) is 44.2 Å². The first-order valence-corrected chi connectivity index (χ1v) is 12.9. The number of Topliss-reactive ketones (excluding diaryl/α,β-unsaturated/α-hetero) is 1. The van der Waals surface area contributed by atoms with E-state index in [0.717, 1.165) is 56.1 Å². The van der Waals surface area contributed by atoms with Gasteiger partial charge in [-0.05, 0) is 48.2 Å². The van der Waals surface area contributed by atoms with Gasteiger partial charge in [-0.15, -0.1) is 0 Å². The Morgan fingerprint density at radius 1 is 1.03 bits per heavy atom. The van der Waals surface area contributed by atoms with Crippen LogP contribution in [-0.2, 0) is 16.1 Å². The molecule has 2 aromatic carbocycles. The Morgan fingerprint density at radius 3 is 2.36 bits per heavy atom. The highest BCUT2D eigenvalue weighted by Crippen LogP contribution is 2.29. The fourth-order valence-electron chi connectivity index (χ4n) is 4.54. The second-order valence-electron chi connectivity index (χ2n) is 9.78. The van der Waals surface area contributed by atoms with E-state index in [-0.39, 0.29) is 23.9 Å². The highest BCUT2D eigenvalue weighted by atomic mass is 16.5. The van der Waals surface area contributed by atoms with Gasteiger partial charge in [-0.2, -0.15) is 0 Å². The maximum Gasteiger partial charge on any atom is 0.204 e. The maximum absolute atomic E-state index is 11.9. The zero-order valence-electron chi connectivity index (χ0n) is 20.6. The van der Waals surface area contributed by atoms with Crippen molar-refractivity contribution in [2.24, 2.45) is 4.99 Å². The molecule has 2 aromatic rings. The second-order valence-corrected chi connectivity index (χ2v) is 9.78. The fraction of sp³-hybridized carbons (Fsp3) is 0.400. The predicted octanol–water partition coefficient (Wildman–Crippen LogP) is 3.96. The molecular weight excluding hydrogens is 450 g/mol. The number of hydrogen-bond donors (Lipinski definition) is 2. The molecule has 2 aliphatic heterocycles. The van der Waals surface area contributed by atoms with Crippen molar-refractivity contribution in [3.05, 3.63) is 82.2 Å². The molecule has 2 N–H and O–H groups in total. The summed E-state index contributed by atoms with van der Waals surface area (Å²) in [6.45, 7) is 5.33. The molecule has 186 valence electrons. The number of carbonyl (C=O) groups is 1. The van der Waals surface area contributed by atoms with E-state index in [1.165, 1.54) is 18.4 Å². The van der Waals surface area contributed by atoms with Gasteiger partial charge >= 0.3 is 0 Å². The Morgan fingerprint density at radius 2 is 1.69 bits per heavy atom. The molecule has 0 aromatic heterocycles. The van der Waals surface area contributed by atoms with E-state index in [2.05, 4.69) is 63.4 Å². The summed E-state index contributed by atoms with van der Waals surface area (Å²) in [5, 5.41) is 13.8. The number of ketones is 1. The summed E-state index contributed by atoms with van der Waals surface area (Å²) < 4.78 is 5.42. The lowest BCUT2D eigenvalue weighted by molar-refractivity contribution is -0.117. The molecule has 2 heterocycles. The summed E-state index contributed by atoms with van der Waals surface area (Å²) in [6.07, 6.45) is 4.70. The molecule has 5 rings (SSSR count). The summed E-state index contributed by atoms with van der Waals surface area (Å²) in [7, 11) is 0. The molecule has 0 spiro atoms.